The summed E-state index contributed by atoms with van der Waals surface area (Å²) in [4.78, 5) is 12.6. The normalized spacial score (nSPS) is 12.1. The molecule has 3 N–H and O–H groups in total. The summed E-state index contributed by atoms with van der Waals surface area (Å²) >= 11 is 4.83. The molecule has 0 saturated carbocycles. The number of hydrogen-bond donors (Lipinski definition) is 2. The third-order valence-electron chi connectivity index (χ3n) is 2.62. The minimum Gasteiger partial charge on any atom is -0.397 e. The fraction of sp³-hybridized carbons (Fsp3) is 0.154. The van der Waals surface area contributed by atoms with Crippen LogP contribution in [0.2, 0.25) is 0 Å². The van der Waals surface area contributed by atoms with E-state index >= 15 is 0 Å². The number of carbonyl (C=O) groups is 1. The molecule has 1 unspecified atom stereocenters. The molecule has 0 bridgehead atoms. The summed E-state index contributed by atoms with van der Waals surface area (Å²) in [5.41, 5.74) is 7.29. The van der Waals surface area contributed by atoms with Gasteiger partial charge in [-0.2, -0.15) is 0 Å². The zero-order chi connectivity index (χ0) is 13.1. The van der Waals surface area contributed by atoms with Crippen LogP contribution in [0.5, 0.6) is 0 Å². The molecule has 0 fully saturated rings. The molecule has 3 nitrogen and oxygen atoms in total. The van der Waals surface area contributed by atoms with Crippen molar-refractivity contribution in [3.05, 3.63) is 50.6 Å². The molecule has 0 aliphatic rings. The molecular formula is C13H13BrN2OS. The van der Waals surface area contributed by atoms with Gasteiger partial charge in [-0.1, -0.05) is 34.1 Å². The Balaban J connectivity index is 2.13. The Bertz CT molecular complexity index is 568. The molecule has 1 atom stereocenters. The van der Waals surface area contributed by atoms with E-state index in [-0.39, 0.29) is 11.9 Å². The Labute approximate surface area is 118 Å². The quantitative estimate of drug-likeness (QED) is 0.906. The number of nitrogens with two attached hydrogens (primary N) is 1. The average molecular weight is 325 g/mol. The van der Waals surface area contributed by atoms with Crippen molar-refractivity contribution in [2.24, 2.45) is 0 Å². The van der Waals surface area contributed by atoms with E-state index in [1.54, 1.807) is 6.07 Å². The second-order valence-corrected chi connectivity index (χ2v) is 5.69. The van der Waals surface area contributed by atoms with Crippen molar-refractivity contribution in [3.63, 3.8) is 0 Å². The fourth-order valence-electron chi connectivity index (χ4n) is 1.67. The highest BCUT2D eigenvalue weighted by molar-refractivity contribution is 9.10. The number of anilines is 1. The second-order valence-electron chi connectivity index (χ2n) is 3.92. The first-order valence-electron chi connectivity index (χ1n) is 5.48. The van der Waals surface area contributed by atoms with Gasteiger partial charge in [0, 0.05) is 4.47 Å². The molecule has 0 aliphatic carbocycles. The van der Waals surface area contributed by atoms with Crippen LogP contribution in [-0.4, -0.2) is 5.91 Å². The lowest BCUT2D eigenvalue weighted by atomic mass is 10.1. The molecule has 18 heavy (non-hydrogen) atoms. The number of rotatable bonds is 3. The summed E-state index contributed by atoms with van der Waals surface area (Å²) in [6, 6.07) is 9.49. The number of benzene rings is 1. The van der Waals surface area contributed by atoms with E-state index in [2.05, 4.69) is 21.2 Å². The van der Waals surface area contributed by atoms with Crippen molar-refractivity contribution in [1.29, 1.82) is 0 Å². The van der Waals surface area contributed by atoms with Gasteiger partial charge in [-0.15, -0.1) is 11.3 Å². The van der Waals surface area contributed by atoms with E-state index in [9.17, 15) is 4.79 Å². The Morgan fingerprint density at radius 1 is 1.39 bits per heavy atom. The predicted molar refractivity (Wildman–Crippen MR) is 78.8 cm³/mol. The molecule has 0 aliphatic heterocycles. The molecular weight excluding hydrogens is 312 g/mol. The van der Waals surface area contributed by atoms with Crippen LogP contribution in [-0.2, 0) is 0 Å². The van der Waals surface area contributed by atoms with Crippen LogP contribution in [0, 0.1) is 0 Å². The van der Waals surface area contributed by atoms with Gasteiger partial charge < -0.3 is 11.1 Å². The maximum atomic E-state index is 12.0. The van der Waals surface area contributed by atoms with Gasteiger partial charge in [0.25, 0.3) is 5.91 Å². The van der Waals surface area contributed by atoms with Crippen LogP contribution in [0.3, 0.4) is 0 Å². The van der Waals surface area contributed by atoms with Crippen LogP contribution in [0.15, 0.2) is 40.2 Å². The van der Waals surface area contributed by atoms with Crippen LogP contribution < -0.4 is 11.1 Å². The molecule has 1 aromatic carbocycles. The summed E-state index contributed by atoms with van der Waals surface area (Å²) < 4.78 is 0.983. The Morgan fingerprint density at radius 2 is 2.11 bits per heavy atom. The van der Waals surface area contributed by atoms with E-state index in [1.807, 2.05) is 36.6 Å². The van der Waals surface area contributed by atoms with E-state index < -0.39 is 0 Å². The molecule has 0 spiro atoms. The lowest BCUT2D eigenvalue weighted by Crippen LogP contribution is -2.26. The van der Waals surface area contributed by atoms with Gasteiger partial charge in [-0.3, -0.25) is 4.79 Å². The maximum Gasteiger partial charge on any atom is 0.263 e. The second kappa shape index (κ2) is 5.54. The van der Waals surface area contributed by atoms with Crippen molar-refractivity contribution in [2.45, 2.75) is 13.0 Å². The van der Waals surface area contributed by atoms with Crippen LogP contribution >= 0.6 is 27.3 Å². The zero-order valence-corrected chi connectivity index (χ0v) is 12.2. The Morgan fingerprint density at radius 3 is 2.72 bits per heavy atom. The zero-order valence-electron chi connectivity index (χ0n) is 9.81. The lowest BCUT2D eigenvalue weighted by Gasteiger charge is -2.15. The van der Waals surface area contributed by atoms with Gasteiger partial charge in [0.1, 0.15) is 4.88 Å². The third kappa shape index (κ3) is 2.73. The van der Waals surface area contributed by atoms with E-state index in [0.717, 1.165) is 10.0 Å². The summed E-state index contributed by atoms with van der Waals surface area (Å²) in [5, 5.41) is 4.75. The summed E-state index contributed by atoms with van der Waals surface area (Å²) in [5.74, 6) is -0.134. The van der Waals surface area contributed by atoms with Crippen molar-refractivity contribution >= 4 is 38.9 Å². The Kier molecular flexibility index (Phi) is 4.04. The molecule has 2 rings (SSSR count). The van der Waals surface area contributed by atoms with Gasteiger partial charge in [-0.05, 0) is 30.0 Å². The SMILES string of the molecule is CC(NC(=O)c1sccc1N)c1ccccc1Br. The molecule has 0 saturated heterocycles. The van der Waals surface area contributed by atoms with E-state index in [4.69, 9.17) is 5.73 Å². The minimum absolute atomic E-state index is 0.0745. The first kappa shape index (κ1) is 13.1. The molecule has 2 aromatic rings. The number of carbonyl (C=O) groups excluding carboxylic acids is 1. The van der Waals surface area contributed by atoms with Gasteiger partial charge in [-0.25, -0.2) is 0 Å². The molecule has 0 radical (unpaired) electrons. The van der Waals surface area contributed by atoms with Crippen LogP contribution in [0.4, 0.5) is 5.69 Å². The fourth-order valence-corrected chi connectivity index (χ4v) is 3.02. The van der Waals surface area contributed by atoms with E-state index in [0.29, 0.717) is 10.6 Å². The summed E-state index contributed by atoms with van der Waals surface area (Å²) in [7, 11) is 0. The number of halogens is 1. The van der Waals surface area contributed by atoms with Gasteiger partial charge in [0.2, 0.25) is 0 Å². The summed E-state index contributed by atoms with van der Waals surface area (Å²) in [6.07, 6.45) is 0. The van der Waals surface area contributed by atoms with Crippen molar-refractivity contribution in [1.82, 2.24) is 5.32 Å². The van der Waals surface area contributed by atoms with Crippen molar-refractivity contribution in [2.75, 3.05) is 5.73 Å². The van der Waals surface area contributed by atoms with E-state index in [1.165, 1.54) is 11.3 Å². The first-order chi connectivity index (χ1) is 8.59. The van der Waals surface area contributed by atoms with Crippen LogP contribution in [0.1, 0.15) is 28.2 Å². The first-order valence-corrected chi connectivity index (χ1v) is 7.15. The maximum absolute atomic E-state index is 12.0. The number of thiophene rings is 1. The largest absolute Gasteiger partial charge is 0.397 e. The summed E-state index contributed by atoms with van der Waals surface area (Å²) in [6.45, 7) is 1.95. The molecule has 1 amide bonds. The van der Waals surface area contributed by atoms with Crippen LogP contribution in [0.25, 0.3) is 0 Å². The van der Waals surface area contributed by atoms with Crippen molar-refractivity contribution in [3.8, 4) is 0 Å². The molecule has 1 aromatic heterocycles. The predicted octanol–water partition coefficient (Wildman–Crippen LogP) is 3.58. The number of amides is 1. The molecule has 94 valence electrons. The highest BCUT2D eigenvalue weighted by atomic mass is 79.9. The lowest BCUT2D eigenvalue weighted by molar-refractivity contribution is 0.0944. The smallest absolute Gasteiger partial charge is 0.263 e. The highest BCUT2D eigenvalue weighted by Crippen LogP contribution is 2.24. The third-order valence-corrected chi connectivity index (χ3v) is 4.27. The Hall–Kier alpha value is -1.33. The molecule has 1 heterocycles. The minimum atomic E-state index is -0.134. The standard InChI is InChI=1S/C13H13BrN2OS/c1-8(9-4-2-3-5-10(9)14)16-13(17)12-11(15)6-7-18-12/h2-8H,15H2,1H3,(H,16,17). The number of nitrogens with one attached hydrogen (secondary N) is 1. The molecule has 5 heteroatoms. The van der Waals surface area contributed by atoms with Gasteiger partial charge >= 0.3 is 0 Å². The van der Waals surface area contributed by atoms with Gasteiger partial charge in [0.15, 0.2) is 0 Å². The number of hydrogen-bond acceptors (Lipinski definition) is 3. The van der Waals surface area contributed by atoms with Gasteiger partial charge in [0.05, 0.1) is 11.7 Å². The number of nitrogen functional groups attached to an aromatic ring is 1. The topological polar surface area (TPSA) is 55.1 Å². The van der Waals surface area contributed by atoms with Crippen molar-refractivity contribution < 1.29 is 4.79 Å². The highest BCUT2D eigenvalue weighted by Gasteiger charge is 2.16. The monoisotopic (exact) mass is 324 g/mol. The average Bonchev–Trinajstić information content (AvgIpc) is 2.76.